The molecule has 1 heterocycles. The molecule has 2 aromatic rings. The van der Waals surface area contributed by atoms with Crippen LogP contribution in [0.15, 0.2) is 28.8 Å². The van der Waals surface area contributed by atoms with Gasteiger partial charge in [0.25, 0.3) is 0 Å². The van der Waals surface area contributed by atoms with Crippen LogP contribution in [0.3, 0.4) is 0 Å². The lowest BCUT2D eigenvalue weighted by atomic mass is 10.1. The molecule has 0 spiro atoms. The summed E-state index contributed by atoms with van der Waals surface area (Å²) < 4.78 is 14.7. The van der Waals surface area contributed by atoms with Crippen LogP contribution >= 0.6 is 23.4 Å². The molecule has 27 heavy (non-hydrogen) atoms. The van der Waals surface area contributed by atoms with E-state index in [0.29, 0.717) is 27.9 Å². The fraction of sp³-hybridized carbons (Fsp3) is 0.294. The van der Waals surface area contributed by atoms with Crippen LogP contribution < -0.4 is 10.1 Å². The SMILES string of the molecule is COc1ccc(C(=O)COC(=O)CSCC(=O)Nc2cc(C)on2)cc1Cl. The number of esters is 1. The molecular weight excluding hydrogens is 396 g/mol. The second kappa shape index (κ2) is 9.98. The maximum absolute atomic E-state index is 12.0. The molecule has 1 aromatic carbocycles. The third-order valence-electron chi connectivity index (χ3n) is 3.19. The van der Waals surface area contributed by atoms with Crippen LogP contribution in [0.4, 0.5) is 5.82 Å². The number of ether oxygens (including phenoxy) is 2. The van der Waals surface area contributed by atoms with Gasteiger partial charge < -0.3 is 19.3 Å². The second-order valence-electron chi connectivity index (χ2n) is 5.30. The van der Waals surface area contributed by atoms with E-state index in [1.807, 2.05) is 0 Å². The van der Waals surface area contributed by atoms with E-state index in [1.54, 1.807) is 19.1 Å². The summed E-state index contributed by atoms with van der Waals surface area (Å²) in [5, 5.41) is 6.45. The zero-order chi connectivity index (χ0) is 19.8. The summed E-state index contributed by atoms with van der Waals surface area (Å²) in [7, 11) is 1.47. The number of aromatic nitrogens is 1. The van der Waals surface area contributed by atoms with Crippen LogP contribution in [-0.4, -0.2) is 48.0 Å². The molecule has 0 saturated heterocycles. The number of nitrogens with one attached hydrogen (secondary N) is 1. The molecule has 1 aromatic heterocycles. The predicted molar refractivity (Wildman–Crippen MR) is 100 cm³/mol. The monoisotopic (exact) mass is 412 g/mol. The molecule has 144 valence electrons. The minimum absolute atomic E-state index is 0.0308. The average molecular weight is 413 g/mol. The van der Waals surface area contributed by atoms with Gasteiger partial charge in [0, 0.05) is 11.6 Å². The maximum Gasteiger partial charge on any atom is 0.316 e. The Morgan fingerprint density at radius 3 is 2.67 bits per heavy atom. The number of carbonyl (C=O) groups is 3. The Morgan fingerprint density at radius 1 is 1.26 bits per heavy atom. The van der Waals surface area contributed by atoms with Gasteiger partial charge in [-0.15, -0.1) is 11.8 Å². The molecule has 0 aliphatic carbocycles. The van der Waals surface area contributed by atoms with Crippen LogP contribution in [0.2, 0.25) is 5.02 Å². The first-order chi connectivity index (χ1) is 12.9. The normalized spacial score (nSPS) is 10.3. The van der Waals surface area contributed by atoms with Gasteiger partial charge in [-0.25, -0.2) is 0 Å². The van der Waals surface area contributed by atoms with Gasteiger partial charge in [-0.2, -0.15) is 0 Å². The summed E-state index contributed by atoms with van der Waals surface area (Å²) in [4.78, 5) is 35.4. The van der Waals surface area contributed by atoms with E-state index in [9.17, 15) is 14.4 Å². The van der Waals surface area contributed by atoms with E-state index in [-0.39, 0.29) is 17.4 Å². The van der Waals surface area contributed by atoms with E-state index in [4.69, 9.17) is 25.6 Å². The highest BCUT2D eigenvalue weighted by Gasteiger charge is 2.13. The number of rotatable bonds is 9. The molecule has 0 unspecified atom stereocenters. The van der Waals surface area contributed by atoms with Gasteiger partial charge in [-0.05, 0) is 25.1 Å². The van der Waals surface area contributed by atoms with Crippen molar-refractivity contribution in [2.24, 2.45) is 0 Å². The topological polar surface area (TPSA) is 108 Å². The van der Waals surface area contributed by atoms with Crippen molar-refractivity contribution in [2.75, 3.05) is 30.5 Å². The van der Waals surface area contributed by atoms with Crippen molar-refractivity contribution >= 4 is 46.8 Å². The standard InChI is InChI=1S/C17H17ClN2O6S/c1-10-5-15(20-26-10)19-16(22)8-27-9-17(23)25-7-13(21)11-3-4-14(24-2)12(18)6-11/h3-6H,7-9H2,1-2H3,(H,19,20,22). The van der Waals surface area contributed by atoms with E-state index in [1.165, 1.54) is 19.2 Å². The van der Waals surface area contributed by atoms with Crippen LogP contribution in [0.25, 0.3) is 0 Å². The van der Waals surface area contributed by atoms with Crippen molar-refractivity contribution in [3.63, 3.8) is 0 Å². The summed E-state index contributed by atoms with van der Waals surface area (Å²) in [6.45, 7) is 1.29. The molecule has 0 saturated carbocycles. The number of nitrogens with zero attached hydrogens (tertiary/aromatic N) is 1. The Morgan fingerprint density at radius 2 is 2.04 bits per heavy atom. The zero-order valence-corrected chi connectivity index (χ0v) is 16.2. The van der Waals surface area contributed by atoms with Gasteiger partial charge in [0.15, 0.2) is 18.2 Å². The first kappa shape index (κ1) is 20.8. The van der Waals surface area contributed by atoms with E-state index in [2.05, 4.69) is 10.5 Å². The highest BCUT2D eigenvalue weighted by molar-refractivity contribution is 8.00. The van der Waals surface area contributed by atoms with Gasteiger partial charge in [0.2, 0.25) is 5.91 Å². The number of hydrogen-bond acceptors (Lipinski definition) is 8. The number of ketones is 1. The quantitative estimate of drug-likeness (QED) is 0.494. The van der Waals surface area contributed by atoms with Crippen molar-refractivity contribution in [1.29, 1.82) is 0 Å². The van der Waals surface area contributed by atoms with Crippen LogP contribution in [0, 0.1) is 6.92 Å². The van der Waals surface area contributed by atoms with Crippen LogP contribution in [0.5, 0.6) is 5.75 Å². The largest absolute Gasteiger partial charge is 0.495 e. The Kier molecular flexibility index (Phi) is 7.68. The smallest absolute Gasteiger partial charge is 0.316 e. The molecule has 0 atom stereocenters. The lowest BCUT2D eigenvalue weighted by Gasteiger charge is -2.07. The minimum Gasteiger partial charge on any atom is -0.495 e. The molecule has 1 amide bonds. The molecule has 2 rings (SSSR count). The molecule has 1 N–H and O–H groups in total. The molecule has 10 heteroatoms. The number of hydrogen-bond donors (Lipinski definition) is 1. The number of Topliss-reactive ketones (excluding diaryl/α,β-unsaturated/α-hetero) is 1. The number of anilines is 1. The summed E-state index contributed by atoms with van der Waals surface area (Å²) in [6.07, 6.45) is 0. The van der Waals surface area contributed by atoms with Crippen molar-refractivity contribution in [3.8, 4) is 5.75 Å². The molecule has 0 aliphatic heterocycles. The summed E-state index contributed by atoms with van der Waals surface area (Å²) in [5.41, 5.74) is 0.309. The zero-order valence-electron chi connectivity index (χ0n) is 14.6. The minimum atomic E-state index is -0.599. The first-order valence-corrected chi connectivity index (χ1v) is 9.25. The Balaban J connectivity index is 1.69. The highest BCUT2D eigenvalue weighted by atomic mass is 35.5. The number of amides is 1. The Hall–Kier alpha value is -2.52. The Labute approximate surface area is 164 Å². The van der Waals surface area contributed by atoms with Gasteiger partial charge in [-0.3, -0.25) is 14.4 Å². The van der Waals surface area contributed by atoms with Crippen molar-refractivity contribution in [3.05, 3.63) is 40.6 Å². The first-order valence-electron chi connectivity index (χ1n) is 7.72. The predicted octanol–water partition coefficient (Wildman–Crippen LogP) is 2.74. The van der Waals surface area contributed by atoms with E-state index in [0.717, 1.165) is 11.8 Å². The lowest BCUT2D eigenvalue weighted by molar-refractivity contribution is -0.139. The molecule has 0 aliphatic rings. The number of aryl methyl sites for hydroxylation is 1. The lowest BCUT2D eigenvalue weighted by Crippen LogP contribution is -2.18. The molecule has 0 radical (unpaired) electrons. The molecule has 8 nitrogen and oxygen atoms in total. The number of thioether (sulfide) groups is 1. The number of benzene rings is 1. The summed E-state index contributed by atoms with van der Waals surface area (Å²) in [5.74, 6) is -0.0279. The van der Waals surface area contributed by atoms with Gasteiger partial charge in [0.05, 0.1) is 23.6 Å². The molecular formula is C17H17ClN2O6S. The van der Waals surface area contributed by atoms with E-state index >= 15 is 0 Å². The molecule has 0 bridgehead atoms. The molecule has 0 fully saturated rings. The van der Waals surface area contributed by atoms with Gasteiger partial charge in [-0.1, -0.05) is 16.8 Å². The van der Waals surface area contributed by atoms with Crippen molar-refractivity contribution < 1.29 is 28.4 Å². The number of methoxy groups -OCH3 is 1. The average Bonchev–Trinajstić information content (AvgIpc) is 3.04. The third-order valence-corrected chi connectivity index (χ3v) is 4.39. The van der Waals surface area contributed by atoms with Crippen LogP contribution in [0.1, 0.15) is 16.1 Å². The highest BCUT2D eigenvalue weighted by Crippen LogP contribution is 2.25. The van der Waals surface area contributed by atoms with E-state index < -0.39 is 18.4 Å². The second-order valence-corrected chi connectivity index (χ2v) is 6.69. The number of carbonyl (C=O) groups excluding carboxylic acids is 3. The fourth-order valence-corrected chi connectivity index (χ4v) is 2.81. The third kappa shape index (κ3) is 6.61. The maximum atomic E-state index is 12.0. The van der Waals surface area contributed by atoms with Gasteiger partial charge in [0.1, 0.15) is 11.5 Å². The summed E-state index contributed by atoms with van der Waals surface area (Å²) >= 11 is 7.01. The van der Waals surface area contributed by atoms with Gasteiger partial charge >= 0.3 is 5.97 Å². The number of halogens is 1. The van der Waals surface area contributed by atoms with Crippen LogP contribution in [-0.2, 0) is 14.3 Å². The Bertz CT molecular complexity index is 839. The van der Waals surface area contributed by atoms with Crippen molar-refractivity contribution in [1.82, 2.24) is 5.16 Å². The summed E-state index contributed by atoms with van der Waals surface area (Å²) in [6, 6.07) is 6.11. The van der Waals surface area contributed by atoms with Crippen molar-refractivity contribution in [2.45, 2.75) is 6.92 Å². The fourth-order valence-electron chi connectivity index (χ4n) is 1.94.